The second-order valence-corrected chi connectivity index (χ2v) is 4.76. The number of thioether (sulfide) groups is 1. The van der Waals surface area contributed by atoms with E-state index < -0.39 is 0 Å². The summed E-state index contributed by atoms with van der Waals surface area (Å²) in [5, 5.41) is 14.6. The van der Waals surface area contributed by atoms with E-state index in [-0.39, 0.29) is 10.6 Å². The van der Waals surface area contributed by atoms with Gasteiger partial charge < -0.3 is 5.32 Å². The molecule has 0 spiro atoms. The molecule has 0 aromatic carbocycles. The Bertz CT molecular complexity index is 380. The summed E-state index contributed by atoms with van der Waals surface area (Å²) in [5.41, 5.74) is 0.110. The number of nitrogens with zero attached hydrogens (tertiary/aromatic N) is 2. The average molecular weight is 239 g/mol. The molecule has 6 heteroatoms. The Morgan fingerprint density at radius 3 is 3.25 bits per heavy atom. The molecule has 1 saturated heterocycles. The van der Waals surface area contributed by atoms with Gasteiger partial charge in [0.1, 0.15) is 0 Å². The van der Waals surface area contributed by atoms with Crippen molar-refractivity contribution in [3.63, 3.8) is 0 Å². The molecular weight excluding hydrogens is 226 g/mol. The lowest BCUT2D eigenvalue weighted by Crippen LogP contribution is -2.10. The molecule has 0 amide bonds. The zero-order valence-electron chi connectivity index (χ0n) is 8.76. The molecule has 2 heterocycles. The predicted molar refractivity (Wildman–Crippen MR) is 62.6 cm³/mol. The van der Waals surface area contributed by atoms with Crippen LogP contribution >= 0.6 is 11.8 Å². The van der Waals surface area contributed by atoms with Gasteiger partial charge in [0.25, 0.3) is 0 Å². The molecule has 1 aromatic heterocycles. The third-order valence-corrected chi connectivity index (χ3v) is 3.79. The van der Waals surface area contributed by atoms with Crippen molar-refractivity contribution in [2.45, 2.75) is 11.4 Å². The highest BCUT2D eigenvalue weighted by Crippen LogP contribution is 2.28. The van der Waals surface area contributed by atoms with Gasteiger partial charge in [0.2, 0.25) is 0 Å². The number of hydrogen-bond acceptors (Lipinski definition) is 5. The Morgan fingerprint density at radius 1 is 1.69 bits per heavy atom. The molecule has 0 bridgehead atoms. The van der Waals surface area contributed by atoms with E-state index in [9.17, 15) is 10.1 Å². The van der Waals surface area contributed by atoms with Crippen LogP contribution in [0.15, 0.2) is 23.4 Å². The highest BCUT2D eigenvalue weighted by atomic mass is 32.2. The Kier molecular flexibility index (Phi) is 3.74. The van der Waals surface area contributed by atoms with Gasteiger partial charge in [-0.25, -0.2) is 4.98 Å². The largest absolute Gasteiger partial charge is 0.316 e. The van der Waals surface area contributed by atoms with Crippen LogP contribution in [0.3, 0.4) is 0 Å². The topological polar surface area (TPSA) is 68.1 Å². The predicted octanol–water partition coefficient (Wildman–Crippen LogP) is 1.69. The van der Waals surface area contributed by atoms with E-state index in [0.29, 0.717) is 10.9 Å². The maximum absolute atomic E-state index is 10.8. The lowest BCUT2D eigenvalue weighted by Gasteiger charge is -2.06. The van der Waals surface area contributed by atoms with Crippen molar-refractivity contribution in [3.8, 4) is 0 Å². The second-order valence-electron chi connectivity index (χ2n) is 3.75. The van der Waals surface area contributed by atoms with E-state index in [0.717, 1.165) is 25.3 Å². The minimum Gasteiger partial charge on any atom is -0.316 e. The van der Waals surface area contributed by atoms with Gasteiger partial charge in [-0.3, -0.25) is 10.1 Å². The maximum Gasteiger partial charge on any atom is 0.301 e. The number of hydrogen-bond donors (Lipinski definition) is 1. The molecule has 1 aromatic rings. The van der Waals surface area contributed by atoms with Crippen molar-refractivity contribution in [2.24, 2.45) is 5.92 Å². The molecule has 86 valence electrons. The summed E-state index contributed by atoms with van der Waals surface area (Å²) in [5.74, 6) is 1.50. The maximum atomic E-state index is 10.8. The minimum absolute atomic E-state index is 0.110. The van der Waals surface area contributed by atoms with Gasteiger partial charge >= 0.3 is 5.69 Å². The van der Waals surface area contributed by atoms with Gasteiger partial charge in [-0.1, -0.05) is 11.8 Å². The number of pyridine rings is 1. The molecule has 0 saturated carbocycles. The summed E-state index contributed by atoms with van der Waals surface area (Å²) in [4.78, 5) is 14.4. The molecule has 16 heavy (non-hydrogen) atoms. The standard InChI is InChI=1S/C10H13N3O2S/c14-13(15)9-2-1-4-12-10(9)16-7-8-3-5-11-6-8/h1-2,4,8,11H,3,5-7H2. The average Bonchev–Trinajstić information content (AvgIpc) is 2.79. The summed E-state index contributed by atoms with van der Waals surface area (Å²) in [6, 6.07) is 3.10. The highest BCUT2D eigenvalue weighted by Gasteiger charge is 2.19. The molecular formula is C10H13N3O2S. The Balaban J connectivity index is 2.00. The van der Waals surface area contributed by atoms with Gasteiger partial charge in [-0.05, 0) is 31.5 Å². The van der Waals surface area contributed by atoms with Gasteiger partial charge in [0.05, 0.1) is 4.92 Å². The van der Waals surface area contributed by atoms with Crippen molar-refractivity contribution < 1.29 is 4.92 Å². The molecule has 1 fully saturated rings. The Hall–Kier alpha value is -1.14. The van der Waals surface area contributed by atoms with Crippen molar-refractivity contribution >= 4 is 17.4 Å². The van der Waals surface area contributed by atoms with Gasteiger partial charge in [0, 0.05) is 18.0 Å². The van der Waals surface area contributed by atoms with E-state index in [1.165, 1.54) is 17.8 Å². The van der Waals surface area contributed by atoms with Crippen LogP contribution in [-0.2, 0) is 0 Å². The zero-order chi connectivity index (χ0) is 11.4. The third-order valence-electron chi connectivity index (χ3n) is 2.57. The third kappa shape index (κ3) is 2.70. The molecule has 1 N–H and O–H groups in total. The summed E-state index contributed by atoms with van der Waals surface area (Å²) < 4.78 is 0. The molecule has 1 unspecified atom stereocenters. The fourth-order valence-corrected chi connectivity index (χ4v) is 2.79. The van der Waals surface area contributed by atoms with Crippen LogP contribution in [0.25, 0.3) is 0 Å². The van der Waals surface area contributed by atoms with E-state index >= 15 is 0 Å². The summed E-state index contributed by atoms with van der Waals surface area (Å²) in [6.07, 6.45) is 2.75. The molecule has 2 rings (SSSR count). The van der Waals surface area contributed by atoms with E-state index in [4.69, 9.17) is 0 Å². The first-order valence-electron chi connectivity index (χ1n) is 5.20. The van der Waals surface area contributed by atoms with Gasteiger partial charge in [0.15, 0.2) is 5.03 Å². The molecule has 1 aliphatic rings. The van der Waals surface area contributed by atoms with Crippen molar-refractivity contribution in [3.05, 3.63) is 28.4 Å². The number of rotatable bonds is 4. The minimum atomic E-state index is -0.373. The number of aromatic nitrogens is 1. The number of nitro groups is 1. The molecule has 5 nitrogen and oxygen atoms in total. The molecule has 0 aliphatic carbocycles. The van der Waals surface area contributed by atoms with E-state index in [1.807, 2.05) is 0 Å². The first-order valence-corrected chi connectivity index (χ1v) is 6.19. The van der Waals surface area contributed by atoms with Crippen molar-refractivity contribution in [1.29, 1.82) is 0 Å². The van der Waals surface area contributed by atoms with Gasteiger partial charge in [-0.2, -0.15) is 0 Å². The smallest absolute Gasteiger partial charge is 0.301 e. The fraction of sp³-hybridized carbons (Fsp3) is 0.500. The highest BCUT2D eigenvalue weighted by molar-refractivity contribution is 7.99. The summed E-state index contributed by atoms with van der Waals surface area (Å²) in [6.45, 7) is 2.06. The summed E-state index contributed by atoms with van der Waals surface area (Å²) in [7, 11) is 0. The van der Waals surface area contributed by atoms with Crippen LogP contribution in [-0.4, -0.2) is 28.7 Å². The van der Waals surface area contributed by atoms with Crippen LogP contribution in [0.5, 0.6) is 0 Å². The fourth-order valence-electron chi connectivity index (χ4n) is 1.69. The lowest BCUT2D eigenvalue weighted by atomic mass is 10.2. The molecule has 1 aliphatic heterocycles. The van der Waals surface area contributed by atoms with Crippen LogP contribution in [0, 0.1) is 16.0 Å². The van der Waals surface area contributed by atoms with Crippen LogP contribution in [0.1, 0.15) is 6.42 Å². The zero-order valence-corrected chi connectivity index (χ0v) is 9.57. The second kappa shape index (κ2) is 5.27. The quantitative estimate of drug-likeness (QED) is 0.492. The Morgan fingerprint density at radius 2 is 2.56 bits per heavy atom. The van der Waals surface area contributed by atoms with Crippen LogP contribution in [0.2, 0.25) is 0 Å². The molecule has 1 atom stereocenters. The van der Waals surface area contributed by atoms with Gasteiger partial charge in [-0.15, -0.1) is 0 Å². The first-order chi connectivity index (χ1) is 7.77. The van der Waals surface area contributed by atoms with E-state index in [2.05, 4.69) is 10.3 Å². The number of nitrogens with one attached hydrogen (secondary N) is 1. The van der Waals surface area contributed by atoms with E-state index in [1.54, 1.807) is 12.3 Å². The van der Waals surface area contributed by atoms with Crippen molar-refractivity contribution in [2.75, 3.05) is 18.8 Å². The SMILES string of the molecule is O=[N+]([O-])c1cccnc1SCC1CCNC1. The summed E-state index contributed by atoms with van der Waals surface area (Å²) >= 11 is 1.48. The first kappa shape index (κ1) is 11.3. The lowest BCUT2D eigenvalue weighted by molar-refractivity contribution is -0.388. The van der Waals surface area contributed by atoms with Crippen LogP contribution < -0.4 is 5.32 Å². The Labute approximate surface area is 97.8 Å². The van der Waals surface area contributed by atoms with Crippen molar-refractivity contribution in [1.82, 2.24) is 10.3 Å². The monoisotopic (exact) mass is 239 g/mol. The molecule has 0 radical (unpaired) electrons. The van der Waals surface area contributed by atoms with Crippen LogP contribution in [0.4, 0.5) is 5.69 Å². The normalized spacial score (nSPS) is 19.9.